The van der Waals surface area contributed by atoms with Crippen LogP contribution < -0.4 is 5.73 Å². The van der Waals surface area contributed by atoms with E-state index >= 15 is 0 Å². The van der Waals surface area contributed by atoms with Gasteiger partial charge in [-0.1, -0.05) is 59.2 Å². The maximum atomic E-state index is 6.13. The molecule has 0 aliphatic carbocycles. The lowest BCUT2D eigenvalue weighted by Gasteiger charge is -2.05. The second kappa shape index (κ2) is 6.08. The normalized spacial score (nSPS) is 12.3. The van der Waals surface area contributed by atoms with Crippen LogP contribution in [0.25, 0.3) is 0 Å². The Kier molecular flexibility index (Phi) is 3.99. The van der Waals surface area contributed by atoms with Gasteiger partial charge in [-0.3, -0.25) is 0 Å². The van der Waals surface area contributed by atoms with Crippen molar-refractivity contribution in [2.45, 2.75) is 12.5 Å². The molecular formula is C16H14ClN3O. The van der Waals surface area contributed by atoms with Crippen LogP contribution in [0.4, 0.5) is 0 Å². The van der Waals surface area contributed by atoms with E-state index in [4.69, 9.17) is 21.9 Å². The van der Waals surface area contributed by atoms with Gasteiger partial charge in [-0.15, -0.1) is 0 Å². The molecule has 0 saturated carbocycles. The molecule has 3 rings (SSSR count). The average molecular weight is 300 g/mol. The van der Waals surface area contributed by atoms with Crippen LogP contribution in [-0.4, -0.2) is 10.1 Å². The molecule has 2 aromatic carbocycles. The lowest BCUT2D eigenvalue weighted by atomic mass is 10.1. The fourth-order valence-electron chi connectivity index (χ4n) is 2.10. The fourth-order valence-corrected chi connectivity index (χ4v) is 2.31. The van der Waals surface area contributed by atoms with E-state index in [-0.39, 0.29) is 0 Å². The molecule has 0 spiro atoms. The van der Waals surface area contributed by atoms with Crippen molar-refractivity contribution >= 4 is 11.6 Å². The summed E-state index contributed by atoms with van der Waals surface area (Å²) < 4.78 is 5.26. The van der Waals surface area contributed by atoms with Gasteiger partial charge in [0.15, 0.2) is 5.82 Å². The first-order chi connectivity index (χ1) is 10.2. The molecule has 21 heavy (non-hydrogen) atoms. The number of hydrogen-bond donors (Lipinski definition) is 1. The van der Waals surface area contributed by atoms with Gasteiger partial charge in [0, 0.05) is 11.4 Å². The molecule has 3 aromatic rings. The zero-order valence-electron chi connectivity index (χ0n) is 11.2. The van der Waals surface area contributed by atoms with Crippen LogP contribution in [0, 0.1) is 0 Å². The van der Waals surface area contributed by atoms with Crippen LogP contribution >= 0.6 is 11.6 Å². The van der Waals surface area contributed by atoms with Gasteiger partial charge in [0.2, 0.25) is 5.89 Å². The van der Waals surface area contributed by atoms with Crippen molar-refractivity contribution < 1.29 is 4.52 Å². The Morgan fingerprint density at radius 1 is 1.10 bits per heavy atom. The summed E-state index contributed by atoms with van der Waals surface area (Å²) in [6.07, 6.45) is 0.561. The van der Waals surface area contributed by atoms with Gasteiger partial charge in [0.05, 0.1) is 0 Å². The molecule has 0 fully saturated rings. The molecule has 1 atom stereocenters. The third-order valence-electron chi connectivity index (χ3n) is 3.16. The highest BCUT2D eigenvalue weighted by atomic mass is 35.5. The topological polar surface area (TPSA) is 64.9 Å². The van der Waals surface area contributed by atoms with Crippen LogP contribution in [0.1, 0.15) is 28.9 Å². The molecule has 1 heterocycles. The molecule has 5 heteroatoms. The number of nitrogens with zero attached hydrogens (tertiary/aromatic N) is 2. The lowest BCUT2D eigenvalue weighted by molar-refractivity contribution is 0.363. The summed E-state index contributed by atoms with van der Waals surface area (Å²) in [6.45, 7) is 0. The first-order valence-corrected chi connectivity index (χ1v) is 6.97. The first kappa shape index (κ1) is 13.8. The van der Waals surface area contributed by atoms with Crippen molar-refractivity contribution in [1.29, 1.82) is 0 Å². The maximum absolute atomic E-state index is 6.13. The van der Waals surface area contributed by atoms with Gasteiger partial charge in [-0.05, 0) is 23.3 Å². The van der Waals surface area contributed by atoms with Crippen molar-refractivity contribution in [3.63, 3.8) is 0 Å². The van der Waals surface area contributed by atoms with Crippen LogP contribution in [0.3, 0.4) is 0 Å². The standard InChI is InChI=1S/C16H14ClN3O/c17-13-8-4-5-11(9-13)10-14-19-16(21-20-14)15(18)12-6-2-1-3-7-12/h1-9,15H,10,18H2/t15-/m0/s1. The summed E-state index contributed by atoms with van der Waals surface area (Å²) >= 11 is 5.96. The molecule has 0 unspecified atom stereocenters. The molecule has 0 aliphatic rings. The number of hydrogen-bond acceptors (Lipinski definition) is 4. The molecule has 4 nitrogen and oxygen atoms in total. The summed E-state index contributed by atoms with van der Waals surface area (Å²) in [4.78, 5) is 4.37. The van der Waals surface area contributed by atoms with Crippen LogP contribution in [0.5, 0.6) is 0 Å². The van der Waals surface area contributed by atoms with Gasteiger partial charge in [-0.25, -0.2) is 0 Å². The predicted octanol–water partition coefficient (Wildman–Crippen LogP) is 3.36. The molecule has 0 bridgehead atoms. The number of halogens is 1. The number of benzene rings is 2. The Morgan fingerprint density at radius 3 is 2.67 bits per heavy atom. The highest BCUT2D eigenvalue weighted by Crippen LogP contribution is 2.19. The summed E-state index contributed by atoms with van der Waals surface area (Å²) in [7, 11) is 0. The molecule has 0 amide bonds. The van der Waals surface area contributed by atoms with Gasteiger partial charge in [0.1, 0.15) is 6.04 Å². The molecule has 0 saturated heterocycles. The summed E-state index contributed by atoms with van der Waals surface area (Å²) in [5, 5.41) is 4.67. The van der Waals surface area contributed by atoms with E-state index < -0.39 is 6.04 Å². The Bertz CT molecular complexity index is 727. The second-order valence-electron chi connectivity index (χ2n) is 4.74. The SMILES string of the molecule is N[C@@H](c1ccccc1)c1nc(Cc2cccc(Cl)c2)no1. The summed E-state index contributed by atoms with van der Waals surface area (Å²) in [5.41, 5.74) is 8.10. The fraction of sp³-hybridized carbons (Fsp3) is 0.125. The Labute approximate surface area is 127 Å². The maximum Gasteiger partial charge on any atom is 0.248 e. The third kappa shape index (κ3) is 3.29. The highest BCUT2D eigenvalue weighted by Gasteiger charge is 2.16. The largest absolute Gasteiger partial charge is 0.337 e. The van der Waals surface area contributed by atoms with Crippen molar-refractivity contribution in [1.82, 2.24) is 10.1 Å². The molecule has 106 valence electrons. The Balaban J connectivity index is 1.77. The summed E-state index contributed by atoms with van der Waals surface area (Å²) in [6, 6.07) is 16.8. The smallest absolute Gasteiger partial charge is 0.248 e. The minimum absolute atomic E-state index is 0.410. The minimum Gasteiger partial charge on any atom is -0.337 e. The second-order valence-corrected chi connectivity index (χ2v) is 5.18. The molecule has 0 aliphatic heterocycles. The minimum atomic E-state index is -0.410. The van der Waals surface area contributed by atoms with Gasteiger partial charge in [0.25, 0.3) is 0 Å². The van der Waals surface area contributed by atoms with E-state index in [0.717, 1.165) is 11.1 Å². The number of aromatic nitrogens is 2. The van der Waals surface area contributed by atoms with Crippen molar-refractivity contribution in [3.8, 4) is 0 Å². The van der Waals surface area contributed by atoms with E-state index in [0.29, 0.717) is 23.2 Å². The van der Waals surface area contributed by atoms with E-state index in [9.17, 15) is 0 Å². The van der Waals surface area contributed by atoms with E-state index in [1.165, 1.54) is 0 Å². The monoisotopic (exact) mass is 299 g/mol. The van der Waals surface area contributed by atoms with Crippen LogP contribution in [0.2, 0.25) is 5.02 Å². The van der Waals surface area contributed by atoms with E-state index in [1.54, 1.807) is 0 Å². The third-order valence-corrected chi connectivity index (χ3v) is 3.39. The van der Waals surface area contributed by atoms with Gasteiger partial charge >= 0.3 is 0 Å². The molecule has 2 N–H and O–H groups in total. The van der Waals surface area contributed by atoms with Crippen molar-refractivity contribution in [3.05, 3.63) is 82.5 Å². The number of nitrogens with two attached hydrogens (primary N) is 1. The molecule has 0 radical (unpaired) electrons. The number of rotatable bonds is 4. The zero-order valence-corrected chi connectivity index (χ0v) is 12.0. The highest BCUT2D eigenvalue weighted by molar-refractivity contribution is 6.30. The zero-order chi connectivity index (χ0) is 14.7. The van der Waals surface area contributed by atoms with Crippen LogP contribution in [0.15, 0.2) is 59.1 Å². The lowest BCUT2D eigenvalue weighted by Crippen LogP contribution is -2.12. The Morgan fingerprint density at radius 2 is 1.90 bits per heavy atom. The predicted molar refractivity (Wildman–Crippen MR) is 81.0 cm³/mol. The van der Waals surface area contributed by atoms with Gasteiger partial charge < -0.3 is 10.3 Å². The van der Waals surface area contributed by atoms with Crippen molar-refractivity contribution in [2.24, 2.45) is 5.73 Å². The van der Waals surface area contributed by atoms with E-state index in [1.807, 2.05) is 54.6 Å². The van der Waals surface area contributed by atoms with Gasteiger partial charge in [-0.2, -0.15) is 4.98 Å². The summed E-state index contributed by atoms with van der Waals surface area (Å²) in [5.74, 6) is 1.01. The quantitative estimate of drug-likeness (QED) is 0.802. The Hall–Kier alpha value is -2.17. The molecule has 1 aromatic heterocycles. The first-order valence-electron chi connectivity index (χ1n) is 6.60. The van der Waals surface area contributed by atoms with Crippen LogP contribution in [-0.2, 0) is 6.42 Å². The van der Waals surface area contributed by atoms with E-state index in [2.05, 4.69) is 10.1 Å². The average Bonchev–Trinajstić information content (AvgIpc) is 2.96. The van der Waals surface area contributed by atoms with Crippen molar-refractivity contribution in [2.75, 3.05) is 0 Å². The molecular weight excluding hydrogens is 286 g/mol.